The Morgan fingerprint density at radius 2 is 1.96 bits per heavy atom. The highest BCUT2D eigenvalue weighted by molar-refractivity contribution is 5.94. The molecule has 1 aliphatic heterocycles. The van der Waals surface area contributed by atoms with Gasteiger partial charge in [-0.15, -0.1) is 0 Å². The number of nitrogens with one attached hydrogen (secondary N) is 1. The first-order valence-electron chi connectivity index (χ1n) is 9.28. The number of nitrogens with zero attached hydrogens (tertiary/aromatic N) is 3. The lowest BCUT2D eigenvalue weighted by Crippen LogP contribution is -2.29. The quantitative estimate of drug-likeness (QED) is 0.693. The third-order valence-corrected chi connectivity index (χ3v) is 4.73. The van der Waals surface area contributed by atoms with E-state index in [0.29, 0.717) is 12.2 Å². The van der Waals surface area contributed by atoms with Gasteiger partial charge in [-0.3, -0.25) is 9.55 Å². The minimum Gasteiger partial charge on any atom is -0.463 e. The summed E-state index contributed by atoms with van der Waals surface area (Å²) in [6, 6.07) is 11.5. The van der Waals surface area contributed by atoms with E-state index in [2.05, 4.69) is 21.8 Å². The van der Waals surface area contributed by atoms with Crippen molar-refractivity contribution in [2.45, 2.75) is 32.7 Å². The number of imidazole rings is 1. The van der Waals surface area contributed by atoms with Gasteiger partial charge >= 0.3 is 5.97 Å². The van der Waals surface area contributed by atoms with Crippen molar-refractivity contribution >= 4 is 23.0 Å². The number of ether oxygens (including phenoxy) is 1. The van der Waals surface area contributed by atoms with Crippen molar-refractivity contribution in [3.63, 3.8) is 0 Å². The lowest BCUT2D eigenvalue weighted by atomic mass is 9.94. The van der Waals surface area contributed by atoms with E-state index in [1.165, 1.54) is 0 Å². The summed E-state index contributed by atoms with van der Waals surface area (Å²) >= 11 is 0. The van der Waals surface area contributed by atoms with Crippen LogP contribution in [0.15, 0.2) is 60.1 Å². The number of carbonyl (C=O) groups is 1. The second-order valence-corrected chi connectivity index (χ2v) is 6.46. The van der Waals surface area contributed by atoms with Crippen LogP contribution in [0.5, 0.6) is 0 Å². The molecular formula is C21H22N4O2. The molecule has 3 aromatic rings. The van der Waals surface area contributed by atoms with Crippen LogP contribution in [0.1, 0.15) is 38.3 Å². The zero-order valence-electron chi connectivity index (χ0n) is 15.5. The zero-order valence-corrected chi connectivity index (χ0v) is 15.5. The van der Waals surface area contributed by atoms with E-state index in [1.54, 1.807) is 12.4 Å². The monoisotopic (exact) mass is 362 g/mol. The van der Waals surface area contributed by atoms with E-state index in [-0.39, 0.29) is 12.0 Å². The molecule has 0 bridgehead atoms. The summed E-state index contributed by atoms with van der Waals surface area (Å²) in [6.45, 7) is 4.26. The third kappa shape index (κ3) is 2.97. The molecule has 1 aromatic carbocycles. The number of benzene rings is 1. The molecule has 27 heavy (non-hydrogen) atoms. The maximum atomic E-state index is 13.0. The lowest BCUT2D eigenvalue weighted by Gasteiger charge is -2.31. The van der Waals surface area contributed by atoms with E-state index in [9.17, 15) is 4.79 Å². The number of esters is 1. The van der Waals surface area contributed by atoms with Crippen molar-refractivity contribution in [3.8, 4) is 0 Å². The Bertz CT molecular complexity index is 1010. The van der Waals surface area contributed by atoms with Crippen molar-refractivity contribution in [3.05, 3.63) is 65.6 Å². The van der Waals surface area contributed by atoms with Crippen LogP contribution in [0.3, 0.4) is 0 Å². The van der Waals surface area contributed by atoms with E-state index >= 15 is 0 Å². The normalized spacial score (nSPS) is 16.1. The highest BCUT2D eigenvalue weighted by Crippen LogP contribution is 2.40. The minimum absolute atomic E-state index is 0.293. The number of fused-ring (bicyclic) bond motifs is 3. The Morgan fingerprint density at radius 3 is 2.70 bits per heavy atom. The second kappa shape index (κ2) is 7.23. The van der Waals surface area contributed by atoms with Crippen molar-refractivity contribution < 1.29 is 9.53 Å². The molecule has 2 aromatic heterocycles. The molecule has 0 fully saturated rings. The molecule has 3 heterocycles. The van der Waals surface area contributed by atoms with Crippen LogP contribution >= 0.6 is 0 Å². The predicted molar refractivity (Wildman–Crippen MR) is 104 cm³/mol. The van der Waals surface area contributed by atoms with E-state index in [0.717, 1.165) is 41.1 Å². The number of hydrogen-bond acceptors (Lipinski definition) is 5. The lowest BCUT2D eigenvalue weighted by molar-refractivity contribution is -0.139. The first-order chi connectivity index (χ1) is 13.2. The molecule has 0 saturated heterocycles. The minimum atomic E-state index is -0.308. The Labute approximate surface area is 157 Å². The first-order valence-corrected chi connectivity index (χ1v) is 9.28. The number of hydrogen-bond donors (Lipinski definition) is 1. The Morgan fingerprint density at radius 1 is 1.19 bits per heavy atom. The van der Waals surface area contributed by atoms with Gasteiger partial charge < -0.3 is 10.1 Å². The predicted octanol–water partition coefficient (Wildman–Crippen LogP) is 4.06. The first kappa shape index (κ1) is 17.3. The van der Waals surface area contributed by atoms with E-state index < -0.39 is 0 Å². The molecule has 0 spiro atoms. The van der Waals surface area contributed by atoms with Gasteiger partial charge in [0.2, 0.25) is 5.95 Å². The molecule has 1 aliphatic rings. The molecule has 1 atom stereocenters. The fraction of sp³-hybridized carbons (Fsp3) is 0.286. The number of carbonyl (C=O) groups excluding carboxylic acids is 1. The molecule has 1 N–H and O–H groups in total. The Hall–Kier alpha value is -3.15. The van der Waals surface area contributed by atoms with Gasteiger partial charge in [-0.2, -0.15) is 0 Å². The summed E-state index contributed by atoms with van der Waals surface area (Å²) in [5, 5.41) is 3.39. The molecule has 6 nitrogen and oxygen atoms in total. The summed E-state index contributed by atoms with van der Waals surface area (Å²) in [6.07, 6.45) is 5.16. The second-order valence-electron chi connectivity index (χ2n) is 6.46. The SMILES string of the molecule is CCCC1=C(C(=O)OCC)[C@@H](c2ccncc2)n2c(nc3ccccc32)N1. The van der Waals surface area contributed by atoms with Crippen LogP contribution in [0.25, 0.3) is 11.0 Å². The molecule has 138 valence electrons. The van der Waals surface area contributed by atoms with E-state index in [1.807, 2.05) is 43.3 Å². The van der Waals surface area contributed by atoms with Gasteiger partial charge in [0, 0.05) is 18.1 Å². The van der Waals surface area contributed by atoms with Crippen LogP contribution in [0.2, 0.25) is 0 Å². The smallest absolute Gasteiger partial charge is 0.338 e. The fourth-order valence-corrected chi connectivity index (χ4v) is 3.64. The van der Waals surface area contributed by atoms with E-state index in [4.69, 9.17) is 9.72 Å². The fourth-order valence-electron chi connectivity index (χ4n) is 3.64. The number of rotatable bonds is 5. The molecule has 4 rings (SSSR count). The number of anilines is 1. The summed E-state index contributed by atoms with van der Waals surface area (Å²) in [5.41, 5.74) is 4.35. The van der Waals surface area contributed by atoms with Gasteiger partial charge in [0.05, 0.1) is 29.3 Å². The van der Waals surface area contributed by atoms with Gasteiger partial charge in [0.15, 0.2) is 0 Å². The number of pyridine rings is 1. The Balaban J connectivity index is 1.99. The molecular weight excluding hydrogens is 340 g/mol. The van der Waals surface area contributed by atoms with Crippen LogP contribution in [0.4, 0.5) is 5.95 Å². The van der Waals surface area contributed by atoms with Gasteiger partial charge in [-0.05, 0) is 43.2 Å². The van der Waals surface area contributed by atoms with Crippen LogP contribution in [-0.4, -0.2) is 27.1 Å². The molecule has 0 unspecified atom stereocenters. The highest BCUT2D eigenvalue weighted by Gasteiger charge is 2.35. The third-order valence-electron chi connectivity index (χ3n) is 4.73. The Kier molecular flexibility index (Phi) is 4.62. The molecule has 0 radical (unpaired) electrons. The van der Waals surface area contributed by atoms with Crippen molar-refractivity contribution in [2.75, 3.05) is 11.9 Å². The maximum absolute atomic E-state index is 13.0. The van der Waals surface area contributed by atoms with Crippen molar-refractivity contribution in [2.24, 2.45) is 0 Å². The topological polar surface area (TPSA) is 69.0 Å². The van der Waals surface area contributed by atoms with Gasteiger partial charge in [-0.1, -0.05) is 25.5 Å². The number of aromatic nitrogens is 3. The largest absolute Gasteiger partial charge is 0.463 e. The van der Waals surface area contributed by atoms with Crippen LogP contribution < -0.4 is 5.32 Å². The van der Waals surface area contributed by atoms with Gasteiger partial charge in [-0.25, -0.2) is 9.78 Å². The van der Waals surface area contributed by atoms with Crippen LogP contribution in [-0.2, 0) is 9.53 Å². The summed E-state index contributed by atoms with van der Waals surface area (Å²) in [4.78, 5) is 21.9. The van der Waals surface area contributed by atoms with Crippen molar-refractivity contribution in [1.82, 2.24) is 14.5 Å². The number of allylic oxidation sites excluding steroid dienone is 1. The summed E-state index contributed by atoms with van der Waals surface area (Å²) < 4.78 is 7.51. The average molecular weight is 362 g/mol. The molecule has 6 heteroatoms. The number of para-hydroxylation sites is 2. The highest BCUT2D eigenvalue weighted by atomic mass is 16.5. The molecule has 0 amide bonds. The summed E-state index contributed by atoms with van der Waals surface area (Å²) in [7, 11) is 0. The zero-order chi connectivity index (χ0) is 18.8. The van der Waals surface area contributed by atoms with Crippen molar-refractivity contribution in [1.29, 1.82) is 0 Å². The molecule has 0 aliphatic carbocycles. The summed E-state index contributed by atoms with van der Waals surface area (Å²) in [5.74, 6) is 0.452. The van der Waals surface area contributed by atoms with Crippen LogP contribution in [0, 0.1) is 0 Å². The standard InChI is InChI=1S/C21H22N4O2/c1-3-7-16-18(20(26)27-4-2)19(14-10-12-22-13-11-14)25-17-9-6-5-8-15(17)23-21(25)24-16/h5-6,8-13,19H,3-4,7H2,1-2H3,(H,23,24)/t19-/m1/s1. The molecule has 0 saturated carbocycles. The van der Waals surface area contributed by atoms with Gasteiger partial charge in [0.1, 0.15) is 0 Å². The maximum Gasteiger partial charge on any atom is 0.338 e. The van der Waals surface area contributed by atoms with Gasteiger partial charge in [0.25, 0.3) is 0 Å². The average Bonchev–Trinajstić information content (AvgIpc) is 3.06.